The second-order valence-corrected chi connectivity index (χ2v) is 5.42. The molecule has 3 aromatic rings. The first kappa shape index (κ1) is 13.7. The summed E-state index contributed by atoms with van der Waals surface area (Å²) in [7, 11) is 0. The molecule has 0 saturated carbocycles. The molecule has 0 radical (unpaired) electrons. The summed E-state index contributed by atoms with van der Waals surface area (Å²) < 4.78 is 8.47. The zero-order valence-corrected chi connectivity index (χ0v) is 12.7. The molecule has 106 valence electrons. The number of rotatable bonds is 3. The van der Waals surface area contributed by atoms with Crippen molar-refractivity contribution >= 4 is 34.4 Å². The van der Waals surface area contributed by atoms with E-state index in [1.807, 2.05) is 43.3 Å². The number of carbonyl (C=O) groups is 1. The van der Waals surface area contributed by atoms with Crippen molar-refractivity contribution in [3.05, 3.63) is 53.1 Å². The number of anilines is 1. The van der Waals surface area contributed by atoms with Crippen LogP contribution in [0.1, 0.15) is 28.4 Å². The second-order valence-electron chi connectivity index (χ2n) is 4.89. The van der Waals surface area contributed by atoms with Crippen LogP contribution in [0.4, 0.5) is 5.69 Å². The van der Waals surface area contributed by atoms with Crippen LogP contribution in [0.3, 0.4) is 0 Å². The van der Waals surface area contributed by atoms with Crippen LogP contribution in [0.2, 0.25) is 0 Å². The number of aryl methyl sites for hydroxylation is 2. The number of amides is 1. The van der Waals surface area contributed by atoms with E-state index < -0.39 is 0 Å². The fraction of sp³-hybridized carbons (Fsp3) is 0.188. The van der Waals surface area contributed by atoms with Gasteiger partial charge in [-0.05, 0) is 42.7 Å². The Bertz CT molecular complexity index is 793. The van der Waals surface area contributed by atoms with Gasteiger partial charge in [-0.15, -0.1) is 0 Å². The molecule has 1 heterocycles. The Kier molecular flexibility index (Phi) is 3.66. The lowest BCUT2D eigenvalue weighted by molar-refractivity contribution is 0.102. The first-order chi connectivity index (χ1) is 10.2. The SMILES string of the molecule is CCc1ccc(C(=O)Nc2c(C)ccc3nsnc23)cc1. The van der Waals surface area contributed by atoms with Gasteiger partial charge in [-0.1, -0.05) is 25.1 Å². The second kappa shape index (κ2) is 5.61. The molecule has 0 aliphatic heterocycles. The van der Waals surface area contributed by atoms with Crippen LogP contribution in [0.15, 0.2) is 36.4 Å². The highest BCUT2D eigenvalue weighted by molar-refractivity contribution is 7.00. The van der Waals surface area contributed by atoms with Crippen LogP contribution in [-0.4, -0.2) is 14.7 Å². The van der Waals surface area contributed by atoms with Crippen LogP contribution in [0.5, 0.6) is 0 Å². The van der Waals surface area contributed by atoms with Crippen LogP contribution in [0.25, 0.3) is 11.0 Å². The van der Waals surface area contributed by atoms with Crippen LogP contribution in [-0.2, 0) is 6.42 Å². The smallest absolute Gasteiger partial charge is 0.255 e. The minimum atomic E-state index is -0.124. The van der Waals surface area contributed by atoms with Crippen molar-refractivity contribution in [2.24, 2.45) is 0 Å². The fourth-order valence-corrected chi connectivity index (χ4v) is 2.73. The van der Waals surface area contributed by atoms with Crippen molar-refractivity contribution in [1.29, 1.82) is 0 Å². The maximum Gasteiger partial charge on any atom is 0.255 e. The molecule has 5 heteroatoms. The minimum Gasteiger partial charge on any atom is -0.320 e. The number of carbonyl (C=O) groups excluding carboxylic acids is 1. The van der Waals surface area contributed by atoms with Gasteiger partial charge in [0.15, 0.2) is 0 Å². The van der Waals surface area contributed by atoms with Crippen molar-refractivity contribution in [3.8, 4) is 0 Å². The lowest BCUT2D eigenvalue weighted by atomic mass is 10.1. The Hall–Kier alpha value is -2.27. The quantitative estimate of drug-likeness (QED) is 0.799. The van der Waals surface area contributed by atoms with E-state index in [0.717, 1.165) is 40.4 Å². The third-order valence-electron chi connectivity index (χ3n) is 3.50. The molecular formula is C16H15N3OS. The first-order valence-electron chi connectivity index (χ1n) is 6.81. The van der Waals surface area contributed by atoms with Crippen molar-refractivity contribution in [1.82, 2.24) is 8.75 Å². The monoisotopic (exact) mass is 297 g/mol. The summed E-state index contributed by atoms with van der Waals surface area (Å²) in [6.45, 7) is 4.04. The molecule has 0 spiro atoms. The van der Waals surface area contributed by atoms with E-state index in [-0.39, 0.29) is 5.91 Å². The van der Waals surface area contributed by atoms with E-state index in [1.54, 1.807) is 0 Å². The third-order valence-corrected chi connectivity index (χ3v) is 4.04. The molecule has 1 aromatic heterocycles. The van der Waals surface area contributed by atoms with E-state index >= 15 is 0 Å². The maximum absolute atomic E-state index is 12.4. The van der Waals surface area contributed by atoms with Crippen molar-refractivity contribution in [2.45, 2.75) is 20.3 Å². The van der Waals surface area contributed by atoms with Crippen LogP contribution < -0.4 is 5.32 Å². The van der Waals surface area contributed by atoms with E-state index in [0.29, 0.717) is 5.56 Å². The van der Waals surface area contributed by atoms with Gasteiger partial charge in [-0.25, -0.2) is 0 Å². The Morgan fingerprint density at radius 2 is 1.90 bits per heavy atom. The molecule has 4 nitrogen and oxygen atoms in total. The summed E-state index contributed by atoms with van der Waals surface area (Å²) in [4.78, 5) is 12.4. The topological polar surface area (TPSA) is 54.9 Å². The number of aromatic nitrogens is 2. The van der Waals surface area contributed by atoms with Gasteiger partial charge in [0.05, 0.1) is 17.4 Å². The Morgan fingerprint density at radius 3 is 2.62 bits per heavy atom. The highest BCUT2D eigenvalue weighted by Gasteiger charge is 2.13. The molecule has 0 aliphatic carbocycles. The molecule has 0 bridgehead atoms. The standard InChI is InChI=1S/C16H15N3OS/c1-3-11-5-7-12(8-6-11)16(20)17-14-10(2)4-9-13-15(14)19-21-18-13/h4-9H,3H2,1-2H3,(H,17,20). The number of nitrogens with zero attached hydrogens (tertiary/aromatic N) is 2. The van der Waals surface area contributed by atoms with Crippen molar-refractivity contribution in [3.63, 3.8) is 0 Å². The van der Waals surface area contributed by atoms with Gasteiger partial charge < -0.3 is 5.32 Å². The Morgan fingerprint density at radius 1 is 1.14 bits per heavy atom. The first-order valence-corrected chi connectivity index (χ1v) is 7.54. The van der Waals surface area contributed by atoms with Crippen molar-refractivity contribution < 1.29 is 4.79 Å². The fourth-order valence-electron chi connectivity index (χ4n) is 2.19. The summed E-state index contributed by atoms with van der Waals surface area (Å²) in [6, 6.07) is 11.5. The average Bonchev–Trinajstić information content (AvgIpc) is 2.99. The number of benzene rings is 2. The molecule has 2 aromatic carbocycles. The minimum absolute atomic E-state index is 0.124. The molecule has 0 saturated heterocycles. The normalized spacial score (nSPS) is 10.8. The molecule has 0 unspecified atom stereocenters. The third kappa shape index (κ3) is 2.64. The van der Waals surface area contributed by atoms with Gasteiger partial charge in [-0.2, -0.15) is 8.75 Å². The van der Waals surface area contributed by atoms with Gasteiger partial charge in [0.1, 0.15) is 11.0 Å². The summed E-state index contributed by atoms with van der Waals surface area (Å²) in [5.41, 5.74) is 5.14. The predicted octanol–water partition coefficient (Wildman–Crippen LogP) is 3.81. The van der Waals surface area contributed by atoms with Crippen LogP contribution >= 0.6 is 11.7 Å². The lowest BCUT2D eigenvalue weighted by Crippen LogP contribution is -2.13. The van der Waals surface area contributed by atoms with Gasteiger partial charge in [0.2, 0.25) is 0 Å². The molecule has 3 rings (SSSR count). The summed E-state index contributed by atoms with van der Waals surface area (Å²) >= 11 is 1.15. The highest BCUT2D eigenvalue weighted by atomic mass is 32.1. The molecule has 21 heavy (non-hydrogen) atoms. The van der Waals surface area contributed by atoms with Crippen molar-refractivity contribution in [2.75, 3.05) is 5.32 Å². The van der Waals surface area contributed by atoms with Gasteiger partial charge in [0, 0.05) is 5.56 Å². The van der Waals surface area contributed by atoms with Crippen LogP contribution in [0, 0.1) is 6.92 Å². The van der Waals surface area contributed by atoms with E-state index in [2.05, 4.69) is 21.0 Å². The average molecular weight is 297 g/mol. The van der Waals surface area contributed by atoms with E-state index in [9.17, 15) is 4.79 Å². The van der Waals surface area contributed by atoms with E-state index in [4.69, 9.17) is 0 Å². The van der Waals surface area contributed by atoms with Gasteiger partial charge in [0.25, 0.3) is 5.91 Å². The number of fused-ring (bicyclic) bond motifs is 1. The Balaban J connectivity index is 1.92. The zero-order chi connectivity index (χ0) is 14.8. The molecule has 1 amide bonds. The summed E-state index contributed by atoms with van der Waals surface area (Å²) in [5, 5.41) is 2.96. The van der Waals surface area contributed by atoms with Gasteiger partial charge >= 0.3 is 0 Å². The number of hydrogen-bond donors (Lipinski definition) is 1. The summed E-state index contributed by atoms with van der Waals surface area (Å²) in [5.74, 6) is -0.124. The number of nitrogens with one attached hydrogen (secondary N) is 1. The highest BCUT2D eigenvalue weighted by Crippen LogP contribution is 2.26. The van der Waals surface area contributed by atoms with Gasteiger partial charge in [-0.3, -0.25) is 4.79 Å². The van der Waals surface area contributed by atoms with E-state index in [1.165, 1.54) is 5.56 Å². The molecule has 0 fully saturated rings. The zero-order valence-electron chi connectivity index (χ0n) is 11.9. The molecule has 1 N–H and O–H groups in total. The Labute approximate surface area is 127 Å². The maximum atomic E-state index is 12.4. The predicted molar refractivity (Wildman–Crippen MR) is 85.9 cm³/mol. The largest absolute Gasteiger partial charge is 0.320 e. The number of hydrogen-bond acceptors (Lipinski definition) is 4. The lowest BCUT2D eigenvalue weighted by Gasteiger charge is -2.09. The molecular weight excluding hydrogens is 282 g/mol. The molecule has 0 atom stereocenters. The summed E-state index contributed by atoms with van der Waals surface area (Å²) in [6.07, 6.45) is 0.963. The molecule has 0 aliphatic rings.